The number of rotatable bonds is 8. The molecular weight excluding hydrogens is 286 g/mol. The molecule has 21 heavy (non-hydrogen) atoms. The average molecular weight is 309 g/mol. The molecule has 0 spiro atoms. The number of hydrogen-bond donors (Lipinski definition) is 2. The van der Waals surface area contributed by atoms with Gasteiger partial charge in [-0.25, -0.2) is 4.79 Å². The number of nitrogens with one attached hydrogen (secondary N) is 1. The van der Waals surface area contributed by atoms with Crippen molar-refractivity contribution >= 4 is 24.1 Å². The summed E-state index contributed by atoms with van der Waals surface area (Å²) in [5.74, 6) is 0.550. The maximum Gasteiger partial charge on any atom is 0.326 e. The number of thioether (sulfide) groups is 1. The van der Waals surface area contributed by atoms with Crippen molar-refractivity contribution in [3.05, 3.63) is 35.4 Å². The molecule has 1 aromatic carbocycles. The Hall–Kier alpha value is -1.49. The molecule has 4 nitrogen and oxygen atoms in total. The number of carbonyl (C=O) groups excluding carboxylic acids is 1. The van der Waals surface area contributed by atoms with Crippen LogP contribution in [0, 0.1) is 0 Å². The van der Waals surface area contributed by atoms with E-state index >= 15 is 0 Å². The summed E-state index contributed by atoms with van der Waals surface area (Å²) in [6.45, 7) is 6.55. The molecular formula is C16H23NO3S. The minimum Gasteiger partial charge on any atom is -0.480 e. The first-order valence-electron chi connectivity index (χ1n) is 6.94. The van der Waals surface area contributed by atoms with Crippen LogP contribution < -0.4 is 5.32 Å². The van der Waals surface area contributed by atoms with Crippen molar-refractivity contribution in [2.24, 2.45) is 0 Å². The van der Waals surface area contributed by atoms with Crippen LogP contribution in [-0.4, -0.2) is 29.3 Å². The molecule has 0 aromatic heterocycles. The van der Waals surface area contributed by atoms with E-state index in [0.717, 1.165) is 5.75 Å². The average Bonchev–Trinajstić information content (AvgIpc) is 2.41. The molecule has 0 aliphatic heterocycles. The number of carbonyl (C=O) groups is 2. The van der Waals surface area contributed by atoms with Crippen molar-refractivity contribution < 1.29 is 14.7 Å². The lowest BCUT2D eigenvalue weighted by atomic mass is 9.87. The fourth-order valence-electron chi connectivity index (χ4n) is 1.85. The summed E-state index contributed by atoms with van der Waals surface area (Å²) in [6.07, 6.45) is 0.869. The van der Waals surface area contributed by atoms with E-state index in [0.29, 0.717) is 18.6 Å². The number of amides is 1. The van der Waals surface area contributed by atoms with E-state index in [1.54, 1.807) is 11.8 Å². The lowest BCUT2D eigenvalue weighted by Gasteiger charge is -2.19. The summed E-state index contributed by atoms with van der Waals surface area (Å²) in [5, 5.41) is 11.2. The topological polar surface area (TPSA) is 66.4 Å². The largest absolute Gasteiger partial charge is 0.480 e. The summed E-state index contributed by atoms with van der Waals surface area (Å²) in [7, 11) is 0. The molecule has 0 heterocycles. The smallest absolute Gasteiger partial charge is 0.326 e. The fraction of sp³-hybridized carbons (Fsp3) is 0.500. The van der Waals surface area contributed by atoms with E-state index in [1.807, 2.05) is 0 Å². The lowest BCUT2D eigenvalue weighted by Crippen LogP contribution is -2.36. The molecule has 0 aliphatic carbocycles. The second-order valence-electron chi connectivity index (χ2n) is 5.96. The number of hydrogen-bond acceptors (Lipinski definition) is 3. The molecule has 2 N–H and O–H groups in total. The number of benzene rings is 1. The Morgan fingerprint density at radius 2 is 1.95 bits per heavy atom. The van der Waals surface area contributed by atoms with Gasteiger partial charge in [0.25, 0.3) is 0 Å². The van der Waals surface area contributed by atoms with Crippen molar-refractivity contribution in [2.45, 2.75) is 44.4 Å². The van der Waals surface area contributed by atoms with Gasteiger partial charge in [0, 0.05) is 5.75 Å². The molecule has 0 radical (unpaired) electrons. The number of carboxylic acid groups (broad SMARTS) is 1. The monoisotopic (exact) mass is 309 g/mol. The van der Waals surface area contributed by atoms with Crippen LogP contribution in [0.2, 0.25) is 0 Å². The van der Waals surface area contributed by atoms with Gasteiger partial charge in [-0.1, -0.05) is 45.0 Å². The van der Waals surface area contributed by atoms with Gasteiger partial charge in [0.05, 0.1) is 0 Å². The Bertz CT molecular complexity index is 465. The minimum absolute atomic E-state index is 0.154. The van der Waals surface area contributed by atoms with Crippen LogP contribution >= 0.6 is 11.8 Å². The van der Waals surface area contributed by atoms with Crippen LogP contribution in [0.25, 0.3) is 0 Å². The third-order valence-corrected chi connectivity index (χ3v) is 4.27. The van der Waals surface area contributed by atoms with Gasteiger partial charge in [-0.15, -0.1) is 0 Å². The predicted molar refractivity (Wildman–Crippen MR) is 86.5 cm³/mol. The quantitative estimate of drug-likeness (QED) is 0.572. The molecule has 1 rings (SSSR count). The predicted octanol–water partition coefficient (Wildman–Crippen LogP) is 2.81. The SMILES string of the molecule is CC(C)(C)c1ccc(CSCCC(NC=O)C(=O)O)cc1. The van der Waals surface area contributed by atoms with E-state index < -0.39 is 12.0 Å². The van der Waals surface area contributed by atoms with Crippen LogP contribution in [0.3, 0.4) is 0 Å². The second kappa shape index (κ2) is 8.08. The first-order chi connectivity index (χ1) is 9.84. The van der Waals surface area contributed by atoms with Gasteiger partial charge in [-0.3, -0.25) is 4.79 Å². The highest BCUT2D eigenvalue weighted by atomic mass is 32.2. The molecule has 1 unspecified atom stereocenters. The molecule has 0 saturated carbocycles. The van der Waals surface area contributed by atoms with E-state index in [9.17, 15) is 9.59 Å². The summed E-state index contributed by atoms with van der Waals surface area (Å²) >= 11 is 1.67. The number of aliphatic carboxylic acids is 1. The van der Waals surface area contributed by atoms with E-state index in [-0.39, 0.29) is 5.41 Å². The van der Waals surface area contributed by atoms with Gasteiger partial charge in [-0.05, 0) is 28.7 Å². The van der Waals surface area contributed by atoms with Crippen LogP contribution in [0.15, 0.2) is 24.3 Å². The van der Waals surface area contributed by atoms with Crippen molar-refractivity contribution in [3.8, 4) is 0 Å². The first kappa shape index (κ1) is 17.6. The fourth-order valence-corrected chi connectivity index (χ4v) is 2.83. The normalized spacial score (nSPS) is 12.7. The van der Waals surface area contributed by atoms with Gasteiger partial charge < -0.3 is 10.4 Å². The molecule has 0 bridgehead atoms. The maximum atomic E-state index is 10.9. The second-order valence-corrected chi connectivity index (χ2v) is 7.07. The third-order valence-electron chi connectivity index (χ3n) is 3.21. The lowest BCUT2D eigenvalue weighted by molar-refractivity contribution is -0.140. The van der Waals surface area contributed by atoms with Crippen molar-refractivity contribution in [2.75, 3.05) is 5.75 Å². The molecule has 1 atom stereocenters. The van der Waals surface area contributed by atoms with Crippen LogP contribution in [0.1, 0.15) is 38.3 Å². The summed E-state index contributed by atoms with van der Waals surface area (Å²) < 4.78 is 0. The molecule has 1 amide bonds. The Morgan fingerprint density at radius 1 is 1.33 bits per heavy atom. The molecule has 0 fully saturated rings. The zero-order valence-corrected chi connectivity index (χ0v) is 13.6. The summed E-state index contributed by atoms with van der Waals surface area (Å²) in [5.41, 5.74) is 2.68. The van der Waals surface area contributed by atoms with E-state index in [2.05, 4.69) is 50.4 Å². The Morgan fingerprint density at radius 3 is 2.43 bits per heavy atom. The minimum atomic E-state index is -0.989. The Balaban J connectivity index is 2.39. The van der Waals surface area contributed by atoms with Gasteiger partial charge in [0.1, 0.15) is 6.04 Å². The first-order valence-corrected chi connectivity index (χ1v) is 8.09. The van der Waals surface area contributed by atoms with E-state index in [1.165, 1.54) is 11.1 Å². The van der Waals surface area contributed by atoms with Gasteiger partial charge in [0.15, 0.2) is 0 Å². The van der Waals surface area contributed by atoms with Crippen molar-refractivity contribution in [1.29, 1.82) is 0 Å². The van der Waals surface area contributed by atoms with Crippen LogP contribution in [0.5, 0.6) is 0 Å². The zero-order chi connectivity index (χ0) is 15.9. The van der Waals surface area contributed by atoms with Crippen molar-refractivity contribution in [1.82, 2.24) is 5.32 Å². The van der Waals surface area contributed by atoms with Gasteiger partial charge >= 0.3 is 5.97 Å². The molecule has 5 heteroatoms. The summed E-state index contributed by atoms with van der Waals surface area (Å²) in [4.78, 5) is 21.2. The maximum absolute atomic E-state index is 10.9. The molecule has 116 valence electrons. The Kier molecular flexibility index (Phi) is 6.75. The van der Waals surface area contributed by atoms with Crippen LogP contribution in [0.4, 0.5) is 0 Å². The summed E-state index contributed by atoms with van der Waals surface area (Å²) in [6, 6.07) is 7.73. The van der Waals surface area contributed by atoms with Crippen LogP contribution in [-0.2, 0) is 20.8 Å². The highest BCUT2D eigenvalue weighted by Gasteiger charge is 2.15. The number of carboxylic acids is 1. The molecule has 0 aliphatic rings. The standard InChI is InChI=1S/C16H23NO3S/c1-16(2,3)13-6-4-12(5-7-13)10-21-9-8-14(15(19)20)17-11-18/h4-7,11,14H,8-10H2,1-3H3,(H,17,18)(H,19,20). The Labute approximate surface area is 130 Å². The molecule has 1 aromatic rings. The van der Waals surface area contributed by atoms with E-state index in [4.69, 9.17) is 5.11 Å². The van der Waals surface area contributed by atoms with Gasteiger partial charge in [0.2, 0.25) is 6.41 Å². The highest BCUT2D eigenvalue weighted by molar-refractivity contribution is 7.98. The zero-order valence-electron chi connectivity index (χ0n) is 12.8. The van der Waals surface area contributed by atoms with Crippen molar-refractivity contribution in [3.63, 3.8) is 0 Å². The van der Waals surface area contributed by atoms with Gasteiger partial charge in [-0.2, -0.15) is 11.8 Å². The third kappa shape index (κ3) is 6.21. The highest BCUT2D eigenvalue weighted by Crippen LogP contribution is 2.23. The molecule has 0 saturated heterocycles.